The number of hydrogen-bond acceptors (Lipinski definition) is 7. The molecule has 0 aliphatic heterocycles. The molecule has 0 atom stereocenters. The van der Waals surface area contributed by atoms with E-state index in [0.717, 1.165) is 35.7 Å². The lowest BCUT2D eigenvalue weighted by atomic mass is 10.2. The Balaban J connectivity index is 0.000000166. The van der Waals surface area contributed by atoms with Crippen molar-refractivity contribution in [2.75, 3.05) is 21.3 Å². The van der Waals surface area contributed by atoms with Gasteiger partial charge in [-0.3, -0.25) is 0 Å². The lowest BCUT2D eigenvalue weighted by molar-refractivity contribution is -0.432. The smallest absolute Gasteiger partial charge is 0.118 e. The monoisotopic (exact) mass is 1370 g/mol. The molecule has 0 bridgehead atoms. The summed E-state index contributed by atoms with van der Waals surface area (Å²) in [5, 5.41) is 13.2. The van der Waals surface area contributed by atoms with Gasteiger partial charge in [0.25, 0.3) is 0 Å². The van der Waals surface area contributed by atoms with E-state index >= 15 is 0 Å². The molecule has 0 aliphatic carbocycles. The van der Waals surface area contributed by atoms with Crippen LogP contribution in [0.4, 0.5) is 0 Å². The van der Waals surface area contributed by atoms with E-state index in [-0.39, 0.29) is 0 Å². The maximum absolute atomic E-state index is 8.55. The maximum Gasteiger partial charge on any atom is 0.118 e. The number of aryl methyl sites for hydroxylation is 9. The molecule has 500 valence electrons. The first-order valence-corrected chi connectivity index (χ1v) is 40.4. The summed E-state index contributed by atoms with van der Waals surface area (Å²) < 4.78 is 24.8. The minimum atomic E-state index is -5.39. The Bertz CT molecular complexity index is 3840. The van der Waals surface area contributed by atoms with E-state index in [1.54, 1.807) is 21.3 Å². The summed E-state index contributed by atoms with van der Waals surface area (Å²) in [5.41, 5.74) is 16.2. The summed E-state index contributed by atoms with van der Waals surface area (Å²) in [5.74, 6) is 2.70. The van der Waals surface area contributed by atoms with Gasteiger partial charge in [0.1, 0.15) is 86.8 Å². The van der Waals surface area contributed by atoms with Gasteiger partial charge >= 0.3 is 0 Å². The van der Waals surface area contributed by atoms with Gasteiger partial charge in [0.05, 0.1) is 39.8 Å². The van der Waals surface area contributed by atoms with E-state index < -0.39 is 29.6 Å². The first-order valence-electron chi connectivity index (χ1n) is 33.0. The fourth-order valence-corrected chi connectivity index (χ4v) is 29.2. The van der Waals surface area contributed by atoms with Crippen molar-refractivity contribution in [3.05, 3.63) is 358 Å². The summed E-state index contributed by atoms with van der Waals surface area (Å²) in [4.78, 5) is 25.6. The number of ether oxygens (including phenoxy) is 3. The van der Waals surface area contributed by atoms with E-state index in [4.69, 9.17) is 33.5 Å². The van der Waals surface area contributed by atoms with Gasteiger partial charge in [0.2, 0.25) is 0 Å². The van der Waals surface area contributed by atoms with Gasteiger partial charge < -0.3 is 33.5 Å². The number of hydrogen-bond donors (Lipinski definition) is 0. The first-order chi connectivity index (χ1) is 47.2. The average molecular weight is 1370 g/mol. The number of methoxy groups -OCH3 is 3. The molecular formula is C87H90O7P4. The third kappa shape index (κ3) is 17.1. The predicted octanol–water partition coefficient (Wildman–Crippen LogP) is 15.5. The molecule has 0 radical (unpaired) electrons. The Morgan fingerprint density at radius 1 is 0.235 bits per heavy atom. The molecule has 0 amide bonds. The molecule has 0 fully saturated rings. The van der Waals surface area contributed by atoms with Gasteiger partial charge in [0.15, 0.2) is 0 Å². The van der Waals surface area contributed by atoms with Crippen molar-refractivity contribution in [2.45, 2.75) is 80.8 Å². The molecule has 12 rings (SSSR count). The van der Waals surface area contributed by atoms with E-state index in [1.165, 1.54) is 115 Å². The molecule has 0 heterocycles. The maximum atomic E-state index is 8.55. The van der Waals surface area contributed by atoms with Gasteiger partial charge in [0, 0.05) is 0 Å². The zero-order chi connectivity index (χ0) is 70.0. The van der Waals surface area contributed by atoms with Crippen molar-refractivity contribution in [3.63, 3.8) is 0 Å². The normalized spacial score (nSPS) is 11.4. The van der Waals surface area contributed by atoms with Crippen LogP contribution < -0.4 is 76.6 Å². The standard InChI is InChI=1S/3C29H30OP.H3O4P/c3*1-22-11-5-8-14-27(22)31(28-15-9-6-12-23(28)2,29-16-10-7-13-24(29)3)21-25-17-19-26(30-4)20-18-25;1-5(2,3)4/h3*5-20H,21H2,1-4H3;(H3,1,2,3,4)/q3*+1;/p-3. The molecule has 0 saturated heterocycles. The fraction of sp³-hybridized carbons (Fsp3) is 0.172. The Kier molecular flexibility index (Phi) is 25.4. The molecule has 98 heavy (non-hydrogen) atoms. The molecule has 0 aliphatic rings. The zero-order valence-corrected chi connectivity index (χ0v) is 62.1. The number of benzene rings is 12. The quantitative estimate of drug-likeness (QED) is 0.0786. The highest BCUT2D eigenvalue weighted by Gasteiger charge is 2.51. The SMILES string of the molecule is COc1ccc(C[P+](c2ccccc2C)(c2ccccc2C)c2ccccc2C)cc1.COc1ccc(C[P+](c2ccccc2C)(c2ccccc2C)c2ccccc2C)cc1.COc1ccc(C[P+](c2ccccc2C)(c2ccccc2C)c2ccccc2C)cc1.O=P([O-])([O-])[O-]. The number of phosphoric acid groups is 1. The summed E-state index contributed by atoms with van der Waals surface area (Å²) in [6, 6.07) is 106. The highest BCUT2D eigenvalue weighted by atomic mass is 31.2. The zero-order valence-electron chi connectivity index (χ0n) is 58.5. The van der Waals surface area contributed by atoms with Crippen molar-refractivity contribution in [1.82, 2.24) is 0 Å². The second-order valence-corrected chi connectivity index (χ2v) is 36.0. The summed E-state index contributed by atoms with van der Waals surface area (Å²) in [6.07, 6.45) is 2.95. The van der Waals surface area contributed by atoms with Crippen LogP contribution in [0.2, 0.25) is 0 Å². The summed E-state index contributed by atoms with van der Waals surface area (Å²) >= 11 is 0. The van der Waals surface area contributed by atoms with Gasteiger partial charge in [-0.2, -0.15) is 7.82 Å². The van der Waals surface area contributed by atoms with Crippen molar-refractivity contribution in [1.29, 1.82) is 0 Å². The molecule has 0 aromatic heterocycles. The minimum absolute atomic E-state index is 0.898. The van der Waals surface area contributed by atoms with Crippen molar-refractivity contribution in [2.24, 2.45) is 0 Å². The van der Waals surface area contributed by atoms with E-state index in [0.29, 0.717) is 0 Å². The molecule has 0 N–H and O–H groups in total. The van der Waals surface area contributed by atoms with Gasteiger partial charge in [-0.25, -0.2) is 0 Å². The average Bonchev–Trinajstić information content (AvgIpc) is 0.750. The molecule has 12 aromatic rings. The van der Waals surface area contributed by atoms with E-state index in [1.807, 2.05) is 0 Å². The van der Waals surface area contributed by atoms with Crippen LogP contribution in [-0.4, -0.2) is 21.3 Å². The lowest BCUT2D eigenvalue weighted by Crippen LogP contribution is -2.36. The van der Waals surface area contributed by atoms with Gasteiger partial charge in [-0.05, 0) is 220 Å². The van der Waals surface area contributed by atoms with Crippen molar-refractivity contribution < 1.29 is 33.5 Å². The summed E-state index contributed by atoms with van der Waals surface area (Å²) in [6.45, 7) is 20.3. The third-order valence-electron chi connectivity index (χ3n) is 18.5. The van der Waals surface area contributed by atoms with Crippen LogP contribution in [0, 0.1) is 62.3 Å². The third-order valence-corrected chi connectivity index (χ3v) is 32.9. The van der Waals surface area contributed by atoms with Crippen LogP contribution in [0.15, 0.2) is 291 Å². The van der Waals surface area contributed by atoms with Crippen LogP contribution in [0.5, 0.6) is 17.2 Å². The molecule has 12 aromatic carbocycles. The second-order valence-electron chi connectivity index (χ2n) is 25.0. The number of rotatable bonds is 18. The molecular weight excluding hydrogens is 1280 g/mol. The summed E-state index contributed by atoms with van der Waals surface area (Å²) in [7, 11) is -6.08. The Morgan fingerprint density at radius 2 is 0.357 bits per heavy atom. The highest BCUT2D eigenvalue weighted by Crippen LogP contribution is 2.63. The molecule has 0 spiro atoms. The van der Waals surface area contributed by atoms with Crippen LogP contribution in [0.1, 0.15) is 66.8 Å². The Morgan fingerprint density at radius 3 is 0.469 bits per heavy atom. The topological polar surface area (TPSA) is 114 Å². The van der Waals surface area contributed by atoms with Crippen molar-refractivity contribution in [3.8, 4) is 17.2 Å². The molecule has 7 nitrogen and oxygen atoms in total. The molecule has 0 saturated carbocycles. The fourth-order valence-electron chi connectivity index (χ4n) is 13.9. The Hall–Kier alpha value is -8.56. The molecule has 0 unspecified atom stereocenters. The van der Waals surface area contributed by atoms with Crippen LogP contribution in [0.25, 0.3) is 0 Å². The van der Waals surface area contributed by atoms with Crippen LogP contribution >= 0.6 is 29.6 Å². The van der Waals surface area contributed by atoms with Crippen LogP contribution in [0.3, 0.4) is 0 Å². The highest BCUT2D eigenvalue weighted by molar-refractivity contribution is 7.96. The minimum Gasteiger partial charge on any atom is -0.822 e. The van der Waals surface area contributed by atoms with Crippen LogP contribution in [-0.2, 0) is 23.1 Å². The second kappa shape index (κ2) is 33.8. The lowest BCUT2D eigenvalue weighted by Gasteiger charge is -2.36. The molecule has 11 heteroatoms. The van der Waals surface area contributed by atoms with Crippen molar-refractivity contribution >= 4 is 77.4 Å². The van der Waals surface area contributed by atoms with E-state index in [2.05, 4.69) is 353 Å². The van der Waals surface area contributed by atoms with Gasteiger partial charge in [-0.15, -0.1) is 0 Å². The van der Waals surface area contributed by atoms with Gasteiger partial charge in [-0.1, -0.05) is 200 Å². The van der Waals surface area contributed by atoms with E-state index in [9.17, 15) is 0 Å². The largest absolute Gasteiger partial charge is 0.822 e. The Labute approximate surface area is 584 Å². The predicted molar refractivity (Wildman–Crippen MR) is 416 cm³/mol. The first kappa shape index (κ1) is 73.7.